The van der Waals surface area contributed by atoms with Gasteiger partial charge < -0.3 is 16.0 Å². The Bertz CT molecular complexity index is 671. The van der Waals surface area contributed by atoms with Gasteiger partial charge in [0, 0.05) is 28.5 Å². The van der Waals surface area contributed by atoms with Gasteiger partial charge in [-0.05, 0) is 49.4 Å². The van der Waals surface area contributed by atoms with Crippen molar-refractivity contribution in [3.63, 3.8) is 0 Å². The Morgan fingerprint density at radius 1 is 1.00 bits per heavy atom. The van der Waals surface area contributed by atoms with E-state index in [1.807, 2.05) is 6.92 Å². The second-order valence-electron chi connectivity index (χ2n) is 4.53. The van der Waals surface area contributed by atoms with Crippen molar-refractivity contribution in [1.82, 2.24) is 5.32 Å². The fourth-order valence-corrected chi connectivity index (χ4v) is 1.95. The average Bonchev–Trinajstić information content (AvgIpc) is 2.50. The fourth-order valence-electron chi connectivity index (χ4n) is 1.83. The van der Waals surface area contributed by atoms with Crippen LogP contribution in [0, 0.1) is 0 Å². The molecule has 0 saturated heterocycles. The highest BCUT2D eigenvalue weighted by atomic mass is 35.5. The Hall–Kier alpha value is -2.53. The normalized spacial score (nSPS) is 9.91. The van der Waals surface area contributed by atoms with Crippen molar-refractivity contribution in [3.8, 4) is 0 Å². The first-order chi connectivity index (χ1) is 10.6. The summed E-state index contributed by atoms with van der Waals surface area (Å²) in [6.45, 7) is 2.40. The number of amides is 3. The van der Waals surface area contributed by atoms with Crippen LogP contribution in [0.4, 0.5) is 16.2 Å². The zero-order chi connectivity index (χ0) is 15.9. The lowest BCUT2D eigenvalue weighted by atomic mass is 10.2. The molecule has 0 saturated carbocycles. The van der Waals surface area contributed by atoms with Gasteiger partial charge in [0.15, 0.2) is 0 Å². The lowest BCUT2D eigenvalue weighted by Gasteiger charge is -2.09. The van der Waals surface area contributed by atoms with E-state index >= 15 is 0 Å². The predicted molar refractivity (Wildman–Crippen MR) is 88.5 cm³/mol. The molecule has 0 bridgehead atoms. The van der Waals surface area contributed by atoms with E-state index in [1.165, 1.54) is 0 Å². The molecule has 0 heterocycles. The van der Waals surface area contributed by atoms with Crippen molar-refractivity contribution in [3.05, 3.63) is 59.1 Å². The highest BCUT2D eigenvalue weighted by molar-refractivity contribution is 6.30. The summed E-state index contributed by atoms with van der Waals surface area (Å²) < 4.78 is 0. The van der Waals surface area contributed by atoms with E-state index in [2.05, 4.69) is 16.0 Å². The molecular formula is C16H16ClN3O2. The molecule has 0 radical (unpaired) electrons. The number of rotatable bonds is 4. The van der Waals surface area contributed by atoms with Gasteiger partial charge in [-0.3, -0.25) is 4.79 Å². The minimum atomic E-state index is -0.393. The molecule has 2 aromatic carbocycles. The molecule has 0 aromatic heterocycles. The van der Waals surface area contributed by atoms with Crippen LogP contribution < -0.4 is 16.0 Å². The predicted octanol–water partition coefficient (Wildman–Crippen LogP) is 3.73. The van der Waals surface area contributed by atoms with Gasteiger partial charge in [0.2, 0.25) is 0 Å². The molecule has 0 aliphatic carbocycles. The number of carbonyl (C=O) groups is 2. The zero-order valence-corrected chi connectivity index (χ0v) is 12.8. The number of carbonyl (C=O) groups excluding carboxylic acids is 2. The average molecular weight is 318 g/mol. The molecule has 114 valence electrons. The third kappa shape index (κ3) is 4.49. The second kappa shape index (κ2) is 7.47. The Morgan fingerprint density at radius 2 is 1.68 bits per heavy atom. The molecule has 2 rings (SSSR count). The summed E-state index contributed by atoms with van der Waals surface area (Å²) in [6, 6.07) is 13.1. The van der Waals surface area contributed by atoms with Gasteiger partial charge in [0.05, 0.1) is 0 Å². The molecule has 22 heavy (non-hydrogen) atoms. The Labute approximate surface area is 133 Å². The minimum Gasteiger partial charge on any atom is -0.352 e. The summed E-state index contributed by atoms with van der Waals surface area (Å²) in [5.41, 5.74) is 1.66. The van der Waals surface area contributed by atoms with Crippen LogP contribution >= 0.6 is 11.6 Å². The van der Waals surface area contributed by atoms with Gasteiger partial charge in [0.25, 0.3) is 5.91 Å². The first-order valence-electron chi connectivity index (χ1n) is 6.80. The van der Waals surface area contributed by atoms with E-state index in [0.717, 1.165) is 0 Å². The van der Waals surface area contributed by atoms with Crippen molar-refractivity contribution in [2.75, 3.05) is 17.2 Å². The molecule has 2 aromatic rings. The summed E-state index contributed by atoms with van der Waals surface area (Å²) in [7, 11) is 0. The standard InChI is InChI=1S/C16H16ClN3O2/c1-2-18-15(21)11-4-3-5-14(10-11)20-16(22)19-13-8-6-12(17)7-9-13/h3-10H,2H2,1H3,(H,18,21)(H2,19,20,22). The van der Waals surface area contributed by atoms with Gasteiger partial charge in [-0.2, -0.15) is 0 Å². The molecule has 0 aliphatic rings. The fraction of sp³-hybridized carbons (Fsp3) is 0.125. The summed E-state index contributed by atoms with van der Waals surface area (Å²) >= 11 is 5.78. The van der Waals surface area contributed by atoms with Crippen molar-refractivity contribution < 1.29 is 9.59 Å². The largest absolute Gasteiger partial charge is 0.352 e. The molecule has 3 N–H and O–H groups in total. The lowest BCUT2D eigenvalue weighted by Crippen LogP contribution is -2.23. The maximum absolute atomic E-state index is 11.9. The van der Waals surface area contributed by atoms with Crippen molar-refractivity contribution >= 4 is 34.9 Å². The van der Waals surface area contributed by atoms with E-state index in [0.29, 0.717) is 28.5 Å². The monoisotopic (exact) mass is 317 g/mol. The number of urea groups is 1. The minimum absolute atomic E-state index is 0.177. The number of hydrogen-bond acceptors (Lipinski definition) is 2. The summed E-state index contributed by atoms with van der Waals surface area (Å²) in [6.07, 6.45) is 0. The van der Waals surface area contributed by atoms with Crippen LogP contribution in [-0.4, -0.2) is 18.5 Å². The van der Waals surface area contributed by atoms with Crippen molar-refractivity contribution in [2.45, 2.75) is 6.92 Å². The van der Waals surface area contributed by atoms with Crippen LogP contribution in [-0.2, 0) is 0 Å². The second-order valence-corrected chi connectivity index (χ2v) is 4.96. The van der Waals surface area contributed by atoms with Gasteiger partial charge in [-0.1, -0.05) is 17.7 Å². The summed E-state index contributed by atoms with van der Waals surface area (Å²) in [5.74, 6) is -0.177. The first kappa shape index (κ1) is 15.9. The van der Waals surface area contributed by atoms with E-state index in [4.69, 9.17) is 11.6 Å². The Kier molecular flexibility index (Phi) is 5.38. The number of halogens is 1. The Morgan fingerprint density at radius 3 is 2.36 bits per heavy atom. The topological polar surface area (TPSA) is 70.2 Å². The maximum atomic E-state index is 11.9. The quantitative estimate of drug-likeness (QED) is 0.804. The lowest BCUT2D eigenvalue weighted by molar-refractivity contribution is 0.0956. The van der Waals surface area contributed by atoms with Crippen LogP contribution in [0.3, 0.4) is 0 Å². The van der Waals surface area contributed by atoms with E-state index in [9.17, 15) is 9.59 Å². The number of hydrogen-bond donors (Lipinski definition) is 3. The third-order valence-corrected chi connectivity index (χ3v) is 3.07. The summed E-state index contributed by atoms with van der Waals surface area (Å²) in [4.78, 5) is 23.7. The van der Waals surface area contributed by atoms with Crippen LogP contribution in [0.2, 0.25) is 5.02 Å². The molecule has 0 atom stereocenters. The Balaban J connectivity index is 2.00. The van der Waals surface area contributed by atoms with E-state index in [1.54, 1.807) is 48.5 Å². The van der Waals surface area contributed by atoms with Crippen molar-refractivity contribution in [2.24, 2.45) is 0 Å². The zero-order valence-electron chi connectivity index (χ0n) is 12.0. The smallest absolute Gasteiger partial charge is 0.323 e. The van der Waals surface area contributed by atoms with Crippen LogP contribution in [0.15, 0.2) is 48.5 Å². The van der Waals surface area contributed by atoms with Crippen LogP contribution in [0.25, 0.3) is 0 Å². The first-order valence-corrected chi connectivity index (χ1v) is 7.18. The molecule has 0 spiro atoms. The molecule has 0 unspecified atom stereocenters. The molecule has 3 amide bonds. The van der Waals surface area contributed by atoms with E-state index in [-0.39, 0.29) is 5.91 Å². The molecule has 0 aliphatic heterocycles. The molecule has 5 nitrogen and oxygen atoms in total. The van der Waals surface area contributed by atoms with Gasteiger partial charge in [-0.15, -0.1) is 0 Å². The number of benzene rings is 2. The van der Waals surface area contributed by atoms with Gasteiger partial charge in [0.1, 0.15) is 0 Å². The van der Waals surface area contributed by atoms with Crippen molar-refractivity contribution in [1.29, 1.82) is 0 Å². The van der Waals surface area contributed by atoms with Crippen LogP contribution in [0.5, 0.6) is 0 Å². The van der Waals surface area contributed by atoms with Gasteiger partial charge >= 0.3 is 6.03 Å². The third-order valence-electron chi connectivity index (χ3n) is 2.82. The highest BCUT2D eigenvalue weighted by Crippen LogP contribution is 2.15. The summed E-state index contributed by atoms with van der Waals surface area (Å²) in [5, 5.41) is 8.67. The molecule has 6 heteroatoms. The SMILES string of the molecule is CCNC(=O)c1cccc(NC(=O)Nc2ccc(Cl)cc2)c1. The highest BCUT2D eigenvalue weighted by Gasteiger charge is 2.07. The number of anilines is 2. The maximum Gasteiger partial charge on any atom is 0.323 e. The van der Waals surface area contributed by atoms with Gasteiger partial charge in [-0.25, -0.2) is 4.79 Å². The van der Waals surface area contributed by atoms with E-state index < -0.39 is 6.03 Å². The molecule has 0 fully saturated rings. The molecular weight excluding hydrogens is 302 g/mol. The van der Waals surface area contributed by atoms with Crippen LogP contribution in [0.1, 0.15) is 17.3 Å². The number of nitrogens with one attached hydrogen (secondary N) is 3.